The number of carbonyl (C=O) groups excluding carboxylic acids is 1. The first-order chi connectivity index (χ1) is 13.2. The zero-order valence-corrected chi connectivity index (χ0v) is 14.7. The number of carbonyl (C=O) groups is 1. The summed E-state index contributed by atoms with van der Waals surface area (Å²) in [6, 6.07) is 16.5. The van der Waals surface area contributed by atoms with Crippen molar-refractivity contribution in [1.29, 1.82) is 5.26 Å². The molecule has 0 amide bonds. The van der Waals surface area contributed by atoms with E-state index in [1.54, 1.807) is 24.3 Å². The molecular weight excluding hydrogens is 346 g/mol. The van der Waals surface area contributed by atoms with Gasteiger partial charge in [0.1, 0.15) is 11.8 Å². The summed E-state index contributed by atoms with van der Waals surface area (Å²) in [6.45, 7) is 1.61. The predicted octanol–water partition coefficient (Wildman–Crippen LogP) is 3.29. The van der Waals surface area contributed by atoms with Crippen LogP contribution in [0.25, 0.3) is 11.4 Å². The topological polar surface area (TPSA) is 98.2 Å². The molecule has 0 saturated carbocycles. The van der Waals surface area contributed by atoms with Gasteiger partial charge in [0.2, 0.25) is 5.82 Å². The minimum Gasteiger partial charge on any atom is -0.481 e. The lowest BCUT2D eigenvalue weighted by molar-refractivity contribution is -0.148. The van der Waals surface area contributed by atoms with Crippen molar-refractivity contribution < 1.29 is 18.8 Å². The standard InChI is InChI=1S/C20H17N3O4/c1-2-14-7-9-15(10-8-14)20-22-18(27-23-20)12-26-19(24)13-25-17-6-4-3-5-16(17)11-21/h3-10H,2,12-13H2,1H3. The maximum atomic E-state index is 11.8. The fourth-order valence-corrected chi connectivity index (χ4v) is 2.33. The van der Waals surface area contributed by atoms with Crippen molar-refractivity contribution in [3.8, 4) is 23.2 Å². The Morgan fingerprint density at radius 1 is 1.19 bits per heavy atom. The van der Waals surface area contributed by atoms with Crippen LogP contribution in [0.2, 0.25) is 0 Å². The summed E-state index contributed by atoms with van der Waals surface area (Å²) in [5.74, 6) is 0.348. The predicted molar refractivity (Wildman–Crippen MR) is 95.6 cm³/mol. The van der Waals surface area contributed by atoms with E-state index in [1.165, 1.54) is 5.56 Å². The second kappa shape index (κ2) is 8.63. The number of hydrogen-bond donors (Lipinski definition) is 0. The molecule has 0 spiro atoms. The SMILES string of the molecule is CCc1ccc(-c2noc(COC(=O)COc3ccccc3C#N)n2)cc1. The molecule has 0 radical (unpaired) electrons. The Kier molecular flexibility index (Phi) is 5.80. The van der Waals surface area contributed by atoms with Crippen molar-refractivity contribution in [3.05, 3.63) is 65.5 Å². The third kappa shape index (κ3) is 4.70. The highest BCUT2D eigenvalue weighted by molar-refractivity contribution is 5.71. The molecule has 7 nitrogen and oxygen atoms in total. The van der Waals surface area contributed by atoms with Crippen LogP contribution in [0.15, 0.2) is 53.1 Å². The van der Waals surface area contributed by atoms with Crippen molar-refractivity contribution in [2.24, 2.45) is 0 Å². The maximum Gasteiger partial charge on any atom is 0.344 e. The fraction of sp³-hybridized carbons (Fsp3) is 0.200. The molecule has 136 valence electrons. The number of nitrogens with zero attached hydrogens (tertiary/aromatic N) is 3. The summed E-state index contributed by atoms with van der Waals surface area (Å²) < 4.78 is 15.5. The summed E-state index contributed by atoms with van der Waals surface area (Å²) in [4.78, 5) is 16.0. The average Bonchev–Trinajstić information content (AvgIpc) is 3.20. The Balaban J connectivity index is 1.52. The van der Waals surface area contributed by atoms with Gasteiger partial charge in [0.05, 0.1) is 5.56 Å². The highest BCUT2D eigenvalue weighted by atomic mass is 16.6. The number of ether oxygens (including phenoxy) is 2. The summed E-state index contributed by atoms with van der Waals surface area (Å²) in [5.41, 5.74) is 2.39. The van der Waals surface area contributed by atoms with E-state index < -0.39 is 5.97 Å². The maximum absolute atomic E-state index is 11.8. The van der Waals surface area contributed by atoms with Gasteiger partial charge in [0, 0.05) is 5.56 Å². The van der Waals surface area contributed by atoms with Crippen molar-refractivity contribution >= 4 is 5.97 Å². The van der Waals surface area contributed by atoms with Gasteiger partial charge in [-0.3, -0.25) is 0 Å². The van der Waals surface area contributed by atoms with Gasteiger partial charge in [-0.1, -0.05) is 48.5 Å². The summed E-state index contributed by atoms with van der Waals surface area (Å²) in [5, 5.41) is 12.9. The second-order valence-electron chi connectivity index (χ2n) is 5.62. The molecule has 7 heteroatoms. The number of hydrogen-bond acceptors (Lipinski definition) is 7. The van der Waals surface area contributed by atoms with Crippen LogP contribution < -0.4 is 4.74 Å². The summed E-state index contributed by atoms with van der Waals surface area (Å²) >= 11 is 0. The van der Waals surface area contributed by atoms with E-state index in [1.807, 2.05) is 30.3 Å². The highest BCUT2D eigenvalue weighted by Crippen LogP contribution is 2.18. The van der Waals surface area contributed by atoms with Gasteiger partial charge in [0.25, 0.3) is 5.89 Å². The molecule has 0 saturated heterocycles. The van der Waals surface area contributed by atoms with Gasteiger partial charge in [-0.2, -0.15) is 10.2 Å². The van der Waals surface area contributed by atoms with E-state index in [-0.39, 0.29) is 19.1 Å². The van der Waals surface area contributed by atoms with Crippen LogP contribution in [-0.4, -0.2) is 22.7 Å². The normalized spacial score (nSPS) is 10.2. The average molecular weight is 363 g/mol. The number of para-hydroxylation sites is 1. The van der Waals surface area contributed by atoms with E-state index in [0.717, 1.165) is 12.0 Å². The fourth-order valence-electron chi connectivity index (χ4n) is 2.33. The second-order valence-corrected chi connectivity index (χ2v) is 5.62. The molecule has 27 heavy (non-hydrogen) atoms. The molecule has 3 aromatic rings. The monoisotopic (exact) mass is 363 g/mol. The van der Waals surface area contributed by atoms with E-state index >= 15 is 0 Å². The first-order valence-corrected chi connectivity index (χ1v) is 8.39. The van der Waals surface area contributed by atoms with Crippen LogP contribution in [-0.2, 0) is 22.6 Å². The minimum atomic E-state index is -0.602. The molecule has 0 aliphatic carbocycles. The molecule has 0 aliphatic heterocycles. The van der Waals surface area contributed by atoms with Gasteiger partial charge in [-0.15, -0.1) is 0 Å². The lowest BCUT2D eigenvalue weighted by Crippen LogP contribution is -2.15. The summed E-state index contributed by atoms with van der Waals surface area (Å²) in [6.07, 6.45) is 0.953. The number of nitriles is 1. The van der Waals surface area contributed by atoms with Gasteiger partial charge in [-0.05, 0) is 24.1 Å². The number of aromatic nitrogens is 2. The quantitative estimate of drug-likeness (QED) is 0.594. The molecule has 1 heterocycles. The number of esters is 1. The smallest absolute Gasteiger partial charge is 0.344 e. The molecule has 0 N–H and O–H groups in total. The molecule has 0 bridgehead atoms. The first-order valence-electron chi connectivity index (χ1n) is 8.39. The van der Waals surface area contributed by atoms with Gasteiger partial charge < -0.3 is 14.0 Å². The molecule has 0 aliphatic rings. The number of aryl methyl sites for hydroxylation is 1. The molecule has 1 aromatic heterocycles. The van der Waals surface area contributed by atoms with E-state index in [9.17, 15) is 4.79 Å². The largest absolute Gasteiger partial charge is 0.481 e. The Bertz CT molecular complexity index is 958. The van der Waals surface area contributed by atoms with Gasteiger partial charge in [-0.25, -0.2) is 4.79 Å². The molecule has 0 atom stereocenters. The third-order valence-electron chi connectivity index (χ3n) is 3.80. The van der Waals surface area contributed by atoms with E-state index in [2.05, 4.69) is 17.1 Å². The van der Waals surface area contributed by atoms with Crippen molar-refractivity contribution in [3.63, 3.8) is 0 Å². The Morgan fingerprint density at radius 2 is 1.96 bits per heavy atom. The number of benzene rings is 2. The molecule has 0 fully saturated rings. The van der Waals surface area contributed by atoms with Crippen molar-refractivity contribution in [1.82, 2.24) is 10.1 Å². The van der Waals surface area contributed by atoms with Gasteiger partial charge in [0.15, 0.2) is 13.2 Å². The zero-order chi connectivity index (χ0) is 19.1. The minimum absolute atomic E-state index is 0.151. The zero-order valence-electron chi connectivity index (χ0n) is 14.7. The van der Waals surface area contributed by atoms with Crippen molar-refractivity contribution in [2.45, 2.75) is 20.0 Å². The van der Waals surface area contributed by atoms with Crippen LogP contribution in [0, 0.1) is 11.3 Å². The lowest BCUT2D eigenvalue weighted by Gasteiger charge is -2.06. The molecule has 2 aromatic carbocycles. The van der Waals surface area contributed by atoms with E-state index in [4.69, 9.17) is 19.3 Å². The van der Waals surface area contributed by atoms with E-state index in [0.29, 0.717) is 17.1 Å². The van der Waals surface area contributed by atoms with Crippen LogP contribution >= 0.6 is 0 Å². The van der Waals surface area contributed by atoms with Crippen LogP contribution in [0.4, 0.5) is 0 Å². The third-order valence-corrected chi connectivity index (χ3v) is 3.80. The van der Waals surface area contributed by atoms with Gasteiger partial charge >= 0.3 is 5.97 Å². The summed E-state index contributed by atoms with van der Waals surface area (Å²) in [7, 11) is 0. The number of rotatable bonds is 7. The Labute approximate surface area is 156 Å². The lowest BCUT2D eigenvalue weighted by atomic mass is 10.1. The molecular formula is C20H17N3O4. The first kappa shape index (κ1) is 18.1. The molecule has 3 rings (SSSR count). The van der Waals surface area contributed by atoms with Crippen LogP contribution in [0.3, 0.4) is 0 Å². The highest BCUT2D eigenvalue weighted by Gasteiger charge is 2.12. The van der Waals surface area contributed by atoms with Crippen LogP contribution in [0.5, 0.6) is 5.75 Å². The van der Waals surface area contributed by atoms with Crippen molar-refractivity contribution in [2.75, 3.05) is 6.61 Å². The Morgan fingerprint density at radius 3 is 2.70 bits per heavy atom. The van der Waals surface area contributed by atoms with Crippen LogP contribution in [0.1, 0.15) is 23.9 Å². The Hall–Kier alpha value is -3.66. The molecule has 0 unspecified atom stereocenters.